The Morgan fingerprint density at radius 3 is 2.52 bits per heavy atom. The second kappa shape index (κ2) is 9.69. The summed E-state index contributed by atoms with van der Waals surface area (Å²) in [6.45, 7) is 4.38. The molecular formula is C20H31NO2. The number of hydrogen-bond acceptors (Lipinski definition) is 3. The van der Waals surface area contributed by atoms with Crippen LogP contribution < -0.4 is 4.74 Å². The van der Waals surface area contributed by atoms with Crippen molar-refractivity contribution >= 4 is 5.97 Å². The molecule has 2 rings (SSSR count). The quantitative estimate of drug-likeness (QED) is 0.609. The lowest BCUT2D eigenvalue weighted by molar-refractivity contribution is -0.134. The smallest absolute Gasteiger partial charge is 0.311 e. The van der Waals surface area contributed by atoms with Crippen LogP contribution in [-0.2, 0) is 11.2 Å². The van der Waals surface area contributed by atoms with E-state index in [2.05, 4.69) is 18.8 Å². The molecule has 0 radical (unpaired) electrons. The summed E-state index contributed by atoms with van der Waals surface area (Å²) in [5, 5.41) is 0. The second-order valence-electron chi connectivity index (χ2n) is 6.90. The fourth-order valence-corrected chi connectivity index (χ4v) is 3.40. The van der Waals surface area contributed by atoms with Gasteiger partial charge in [-0.25, -0.2) is 0 Å². The van der Waals surface area contributed by atoms with Crippen LogP contribution in [0.1, 0.15) is 77.3 Å². The van der Waals surface area contributed by atoms with Crippen molar-refractivity contribution in [2.75, 3.05) is 0 Å². The van der Waals surface area contributed by atoms with Gasteiger partial charge >= 0.3 is 5.97 Å². The van der Waals surface area contributed by atoms with Gasteiger partial charge in [0.15, 0.2) is 0 Å². The number of unbranched alkanes of at least 4 members (excludes halogenated alkanes) is 1. The van der Waals surface area contributed by atoms with Gasteiger partial charge in [0.25, 0.3) is 0 Å². The van der Waals surface area contributed by atoms with Gasteiger partial charge in [-0.2, -0.15) is 0 Å². The monoisotopic (exact) mass is 317 g/mol. The number of rotatable bonds is 8. The number of carbonyl (C=O) groups is 1. The van der Waals surface area contributed by atoms with Gasteiger partial charge in [0, 0.05) is 12.1 Å². The Balaban J connectivity index is 1.71. The minimum Gasteiger partial charge on any atom is -0.425 e. The van der Waals surface area contributed by atoms with Crippen LogP contribution in [0.5, 0.6) is 5.75 Å². The van der Waals surface area contributed by atoms with Crippen LogP contribution >= 0.6 is 0 Å². The molecule has 3 heteroatoms. The van der Waals surface area contributed by atoms with Crippen molar-refractivity contribution in [3.63, 3.8) is 0 Å². The van der Waals surface area contributed by atoms with Crippen LogP contribution in [-0.4, -0.2) is 11.0 Å². The fraction of sp³-hybridized carbons (Fsp3) is 0.700. The molecule has 1 saturated carbocycles. The Hall–Kier alpha value is -1.38. The summed E-state index contributed by atoms with van der Waals surface area (Å²) >= 11 is 0. The van der Waals surface area contributed by atoms with Crippen LogP contribution in [0, 0.1) is 11.8 Å². The van der Waals surface area contributed by atoms with Crippen molar-refractivity contribution in [1.82, 2.24) is 4.98 Å². The Morgan fingerprint density at radius 1 is 1.17 bits per heavy atom. The highest BCUT2D eigenvalue weighted by molar-refractivity contribution is 5.72. The summed E-state index contributed by atoms with van der Waals surface area (Å²) in [5.74, 6) is 2.24. The first-order valence-corrected chi connectivity index (χ1v) is 9.36. The van der Waals surface area contributed by atoms with Gasteiger partial charge in [-0.3, -0.25) is 9.78 Å². The summed E-state index contributed by atoms with van der Waals surface area (Å²) in [6, 6.07) is 3.88. The van der Waals surface area contributed by atoms with E-state index >= 15 is 0 Å². The summed E-state index contributed by atoms with van der Waals surface area (Å²) < 4.78 is 5.29. The molecule has 0 atom stereocenters. The van der Waals surface area contributed by atoms with Crippen LogP contribution in [0.2, 0.25) is 0 Å². The SMILES string of the molecule is CCCCC(=O)Oc1ccc(CC[C@H]2CC[C@H](CC)CC2)nc1. The topological polar surface area (TPSA) is 39.2 Å². The first-order chi connectivity index (χ1) is 11.2. The molecule has 0 aromatic carbocycles. The van der Waals surface area contributed by atoms with Crippen LogP contribution in [0.4, 0.5) is 0 Å². The van der Waals surface area contributed by atoms with Crippen molar-refractivity contribution in [1.29, 1.82) is 0 Å². The molecule has 1 aliphatic rings. The zero-order chi connectivity index (χ0) is 16.5. The van der Waals surface area contributed by atoms with Gasteiger partial charge in [0.2, 0.25) is 0 Å². The Labute approximate surface area is 140 Å². The number of nitrogens with zero attached hydrogens (tertiary/aromatic N) is 1. The molecule has 3 nitrogen and oxygen atoms in total. The Morgan fingerprint density at radius 2 is 1.91 bits per heavy atom. The van der Waals surface area contributed by atoms with Crippen molar-refractivity contribution in [2.24, 2.45) is 11.8 Å². The fourth-order valence-electron chi connectivity index (χ4n) is 3.40. The molecule has 1 heterocycles. The van der Waals surface area contributed by atoms with E-state index in [1.807, 2.05) is 12.1 Å². The first kappa shape index (κ1) is 18.0. The molecule has 0 amide bonds. The number of carbonyl (C=O) groups excluding carboxylic acids is 1. The Kier molecular flexibility index (Phi) is 7.57. The maximum atomic E-state index is 11.6. The van der Waals surface area contributed by atoms with E-state index in [0.717, 1.165) is 36.8 Å². The maximum absolute atomic E-state index is 11.6. The van der Waals surface area contributed by atoms with Gasteiger partial charge in [-0.05, 0) is 43.2 Å². The minimum absolute atomic E-state index is 0.158. The highest BCUT2D eigenvalue weighted by atomic mass is 16.5. The van der Waals surface area contributed by atoms with Crippen molar-refractivity contribution in [3.05, 3.63) is 24.0 Å². The van der Waals surface area contributed by atoms with Gasteiger partial charge < -0.3 is 4.74 Å². The van der Waals surface area contributed by atoms with Crippen LogP contribution in [0.15, 0.2) is 18.3 Å². The van der Waals surface area contributed by atoms with Crippen LogP contribution in [0.3, 0.4) is 0 Å². The van der Waals surface area contributed by atoms with Crippen LogP contribution in [0.25, 0.3) is 0 Å². The average molecular weight is 317 g/mol. The normalized spacial score (nSPS) is 21.1. The molecule has 0 aliphatic heterocycles. The average Bonchev–Trinajstić information content (AvgIpc) is 2.60. The number of pyridine rings is 1. The third-order valence-corrected chi connectivity index (χ3v) is 5.12. The van der Waals surface area contributed by atoms with Gasteiger partial charge in [0.1, 0.15) is 5.75 Å². The molecule has 128 valence electrons. The molecule has 0 spiro atoms. The summed E-state index contributed by atoms with van der Waals surface area (Å²) in [5.41, 5.74) is 1.11. The highest BCUT2D eigenvalue weighted by Crippen LogP contribution is 2.32. The van der Waals surface area contributed by atoms with Crippen molar-refractivity contribution < 1.29 is 9.53 Å². The molecule has 0 N–H and O–H groups in total. The van der Waals surface area contributed by atoms with Gasteiger partial charge in [-0.15, -0.1) is 0 Å². The predicted molar refractivity (Wildman–Crippen MR) is 93.5 cm³/mol. The number of esters is 1. The molecule has 1 fully saturated rings. The molecule has 1 aromatic rings. The van der Waals surface area contributed by atoms with E-state index in [-0.39, 0.29) is 5.97 Å². The predicted octanol–water partition coefficient (Wildman–Crippen LogP) is 5.33. The van der Waals surface area contributed by atoms with E-state index in [9.17, 15) is 4.79 Å². The molecule has 23 heavy (non-hydrogen) atoms. The lowest BCUT2D eigenvalue weighted by Crippen LogP contribution is -2.14. The van der Waals surface area contributed by atoms with E-state index in [0.29, 0.717) is 12.2 Å². The van der Waals surface area contributed by atoms with Gasteiger partial charge in [0.05, 0.1) is 6.20 Å². The molecule has 1 aliphatic carbocycles. The van der Waals surface area contributed by atoms with Gasteiger partial charge in [-0.1, -0.05) is 52.4 Å². The zero-order valence-electron chi connectivity index (χ0n) is 14.7. The summed E-state index contributed by atoms with van der Waals surface area (Å²) in [6.07, 6.45) is 13.2. The number of hydrogen-bond donors (Lipinski definition) is 0. The van der Waals surface area contributed by atoms with E-state index in [1.54, 1.807) is 6.20 Å². The highest BCUT2D eigenvalue weighted by Gasteiger charge is 2.19. The zero-order valence-corrected chi connectivity index (χ0v) is 14.7. The molecule has 0 saturated heterocycles. The maximum Gasteiger partial charge on any atom is 0.311 e. The summed E-state index contributed by atoms with van der Waals surface area (Å²) in [7, 11) is 0. The largest absolute Gasteiger partial charge is 0.425 e. The molecule has 1 aromatic heterocycles. The van der Waals surface area contributed by atoms with E-state index in [4.69, 9.17) is 4.74 Å². The van der Waals surface area contributed by atoms with Crippen molar-refractivity contribution in [3.8, 4) is 5.75 Å². The third-order valence-electron chi connectivity index (χ3n) is 5.12. The minimum atomic E-state index is -0.158. The van der Waals surface area contributed by atoms with E-state index in [1.165, 1.54) is 38.5 Å². The lowest BCUT2D eigenvalue weighted by Gasteiger charge is -2.27. The van der Waals surface area contributed by atoms with E-state index < -0.39 is 0 Å². The standard InChI is InChI=1S/C20H31NO2/c1-3-5-6-20(22)23-19-14-13-18(21-15-19)12-11-17-9-7-16(4-2)8-10-17/h13-17H,3-12H2,1-2H3/t16-,17-. The third kappa shape index (κ3) is 6.32. The lowest BCUT2D eigenvalue weighted by atomic mass is 9.79. The van der Waals surface area contributed by atoms with Crippen molar-refractivity contribution in [2.45, 2.75) is 78.1 Å². The number of aromatic nitrogens is 1. The molecular weight excluding hydrogens is 286 g/mol. The first-order valence-electron chi connectivity index (χ1n) is 9.36. The number of aryl methyl sites for hydroxylation is 1. The molecule has 0 bridgehead atoms. The molecule has 0 unspecified atom stereocenters. The number of ether oxygens (including phenoxy) is 1. The second-order valence-corrected chi connectivity index (χ2v) is 6.90. The summed E-state index contributed by atoms with van der Waals surface area (Å²) in [4.78, 5) is 16.0. The Bertz CT molecular complexity index is 461.